The van der Waals surface area contributed by atoms with Crippen molar-refractivity contribution in [2.24, 2.45) is 11.3 Å². The number of hydrogen-bond acceptors (Lipinski definition) is 5. The van der Waals surface area contributed by atoms with Gasteiger partial charge in [-0.15, -0.1) is 0 Å². The third-order valence-electron chi connectivity index (χ3n) is 5.82. The summed E-state index contributed by atoms with van der Waals surface area (Å²) in [5.74, 6) is -3.63. The van der Waals surface area contributed by atoms with Crippen molar-refractivity contribution in [1.82, 2.24) is 10.6 Å². The highest BCUT2D eigenvalue weighted by Gasteiger charge is 2.63. The second-order valence-electron chi connectivity index (χ2n) is 8.03. The number of barbiturate groups is 1. The average molecular weight is 393 g/mol. The molecule has 2 N–H and O–H groups in total. The maximum atomic E-state index is 14.0. The molecule has 3 aliphatic heterocycles. The zero-order valence-corrected chi connectivity index (χ0v) is 15.7. The molecule has 7 nitrogen and oxygen atoms in total. The van der Waals surface area contributed by atoms with Gasteiger partial charge in [-0.2, -0.15) is 0 Å². The summed E-state index contributed by atoms with van der Waals surface area (Å²) in [4.78, 5) is 39.5. The number of imide groups is 2. The number of benzene rings is 1. The van der Waals surface area contributed by atoms with Gasteiger partial charge in [0.25, 0.3) is 0 Å². The summed E-state index contributed by atoms with van der Waals surface area (Å²) in [6, 6.07) is 0.456. The summed E-state index contributed by atoms with van der Waals surface area (Å²) in [6.07, 6.45) is -0.946. The van der Waals surface area contributed by atoms with Crippen molar-refractivity contribution in [1.29, 1.82) is 0 Å². The molecule has 28 heavy (non-hydrogen) atoms. The van der Waals surface area contributed by atoms with Crippen LogP contribution >= 0.6 is 0 Å². The van der Waals surface area contributed by atoms with Gasteiger partial charge in [0, 0.05) is 24.7 Å². The van der Waals surface area contributed by atoms with Gasteiger partial charge in [-0.3, -0.25) is 20.2 Å². The second kappa shape index (κ2) is 6.23. The molecular formula is C19H21F2N3O4. The van der Waals surface area contributed by atoms with E-state index in [0.29, 0.717) is 17.8 Å². The van der Waals surface area contributed by atoms with Crippen LogP contribution < -0.4 is 15.5 Å². The Morgan fingerprint density at radius 3 is 2.36 bits per heavy atom. The number of nitrogens with one attached hydrogen (secondary N) is 2. The molecule has 1 aromatic carbocycles. The quantitative estimate of drug-likeness (QED) is 0.706. The first kappa shape index (κ1) is 18.8. The minimum atomic E-state index is -1.69. The van der Waals surface area contributed by atoms with Crippen molar-refractivity contribution in [3.63, 3.8) is 0 Å². The molecule has 4 rings (SSSR count). The summed E-state index contributed by atoms with van der Waals surface area (Å²) in [5.41, 5.74) is -0.917. The molecule has 150 valence electrons. The van der Waals surface area contributed by atoms with E-state index in [1.54, 1.807) is 4.90 Å². The first-order chi connectivity index (χ1) is 13.1. The molecule has 1 unspecified atom stereocenters. The fourth-order valence-corrected chi connectivity index (χ4v) is 4.65. The second-order valence-corrected chi connectivity index (χ2v) is 8.03. The first-order valence-corrected chi connectivity index (χ1v) is 9.22. The highest BCUT2D eigenvalue weighted by Crippen LogP contribution is 2.48. The van der Waals surface area contributed by atoms with Crippen LogP contribution in [-0.4, -0.2) is 42.6 Å². The number of urea groups is 1. The predicted octanol–water partition coefficient (Wildman–Crippen LogP) is 1.49. The van der Waals surface area contributed by atoms with Gasteiger partial charge < -0.3 is 9.64 Å². The van der Waals surface area contributed by atoms with Gasteiger partial charge in [0.05, 0.1) is 18.2 Å². The normalized spacial score (nSPS) is 28.7. The summed E-state index contributed by atoms with van der Waals surface area (Å²) in [5, 5.41) is 4.34. The summed E-state index contributed by atoms with van der Waals surface area (Å²) in [7, 11) is 0. The van der Waals surface area contributed by atoms with Crippen LogP contribution in [0.3, 0.4) is 0 Å². The van der Waals surface area contributed by atoms with Crippen molar-refractivity contribution in [3.05, 3.63) is 29.3 Å². The molecule has 1 aromatic rings. The zero-order valence-electron chi connectivity index (χ0n) is 15.7. The summed E-state index contributed by atoms with van der Waals surface area (Å²) < 4.78 is 34.1. The monoisotopic (exact) mass is 393 g/mol. The van der Waals surface area contributed by atoms with Crippen LogP contribution in [0.1, 0.15) is 26.3 Å². The number of halogens is 2. The number of carbonyl (C=O) groups excluding carboxylic acids is 3. The Kier molecular flexibility index (Phi) is 4.18. The molecule has 0 bridgehead atoms. The molecule has 1 spiro atoms. The molecule has 4 amide bonds. The lowest BCUT2D eigenvalue weighted by Gasteiger charge is -2.56. The number of rotatable bonds is 1. The Balaban J connectivity index is 1.96. The number of fused-ring (bicyclic) bond motifs is 4. The van der Waals surface area contributed by atoms with E-state index >= 15 is 0 Å². The molecule has 3 aliphatic rings. The Hall–Kier alpha value is -2.55. The van der Waals surface area contributed by atoms with Crippen LogP contribution in [0.4, 0.5) is 19.3 Å². The number of hydrogen-bond donors (Lipinski definition) is 2. The van der Waals surface area contributed by atoms with E-state index in [-0.39, 0.29) is 18.4 Å². The molecule has 9 heteroatoms. The van der Waals surface area contributed by atoms with Crippen molar-refractivity contribution in [2.75, 3.05) is 11.4 Å². The number of amides is 4. The van der Waals surface area contributed by atoms with Crippen molar-refractivity contribution in [2.45, 2.75) is 45.4 Å². The van der Waals surface area contributed by atoms with Crippen LogP contribution in [0, 0.1) is 23.0 Å². The van der Waals surface area contributed by atoms with Gasteiger partial charge >= 0.3 is 6.03 Å². The minimum Gasteiger partial charge on any atom is -0.371 e. The van der Waals surface area contributed by atoms with Crippen molar-refractivity contribution >= 4 is 23.5 Å². The highest BCUT2D eigenvalue weighted by atomic mass is 19.2. The Bertz CT molecular complexity index is 868. The predicted molar refractivity (Wildman–Crippen MR) is 94.5 cm³/mol. The zero-order chi connectivity index (χ0) is 20.4. The standard InChI is InChI=1S/C19H21F2N3O4/c1-8(2)14-15-19(16(25)22-18(27)23-17(19)26)6-10-4-11(20)12(21)5-13(10)24(15)7-9(3)28-14/h4-5,8-9,14-15H,6-7H2,1-3H3,(H2,22,23,25,26,27)/t9-,14?,15-/m1/s1. The van der Waals surface area contributed by atoms with Gasteiger partial charge in [-0.25, -0.2) is 13.6 Å². The lowest BCUT2D eigenvalue weighted by molar-refractivity contribution is -0.156. The largest absolute Gasteiger partial charge is 0.371 e. The Labute approximate surface area is 160 Å². The lowest BCUT2D eigenvalue weighted by atomic mass is 9.65. The number of morpholine rings is 1. The van der Waals surface area contributed by atoms with Crippen LogP contribution in [-0.2, 0) is 20.7 Å². The third-order valence-corrected chi connectivity index (χ3v) is 5.82. The third kappa shape index (κ3) is 2.52. The molecule has 3 atom stereocenters. The van der Waals surface area contributed by atoms with Crippen molar-refractivity contribution < 1.29 is 27.9 Å². The van der Waals surface area contributed by atoms with E-state index in [1.807, 2.05) is 20.8 Å². The molecule has 3 heterocycles. The van der Waals surface area contributed by atoms with Crippen LogP contribution in [0.5, 0.6) is 0 Å². The van der Waals surface area contributed by atoms with E-state index < -0.39 is 47.0 Å². The SMILES string of the molecule is CC(C)C1O[C@H](C)CN2c3cc(F)c(F)cc3CC3(C(=O)NC(=O)NC3=O)[C@@H]12. The van der Waals surface area contributed by atoms with E-state index in [1.165, 1.54) is 0 Å². The number of ether oxygens (including phenoxy) is 1. The highest BCUT2D eigenvalue weighted by molar-refractivity contribution is 6.20. The fourth-order valence-electron chi connectivity index (χ4n) is 4.65. The average Bonchev–Trinajstić information content (AvgIpc) is 2.60. The van der Waals surface area contributed by atoms with Gasteiger partial charge in [0.15, 0.2) is 17.0 Å². The van der Waals surface area contributed by atoms with Crippen LogP contribution in [0.25, 0.3) is 0 Å². The molecular weight excluding hydrogens is 372 g/mol. The molecule has 0 radical (unpaired) electrons. The molecule has 0 saturated carbocycles. The fraction of sp³-hybridized carbons (Fsp3) is 0.526. The smallest absolute Gasteiger partial charge is 0.328 e. The van der Waals surface area contributed by atoms with Crippen molar-refractivity contribution in [3.8, 4) is 0 Å². The van der Waals surface area contributed by atoms with Crippen LogP contribution in [0.15, 0.2) is 12.1 Å². The molecule has 0 aliphatic carbocycles. The summed E-state index contributed by atoms with van der Waals surface area (Å²) in [6.45, 7) is 5.94. The minimum absolute atomic E-state index is 0.0720. The maximum absolute atomic E-state index is 14.0. The van der Waals surface area contributed by atoms with Gasteiger partial charge in [0.2, 0.25) is 11.8 Å². The molecule has 0 aromatic heterocycles. The van der Waals surface area contributed by atoms with E-state index in [0.717, 1.165) is 12.1 Å². The van der Waals surface area contributed by atoms with E-state index in [4.69, 9.17) is 4.74 Å². The molecule has 2 fully saturated rings. The number of anilines is 1. The van der Waals surface area contributed by atoms with Crippen LogP contribution in [0.2, 0.25) is 0 Å². The Morgan fingerprint density at radius 2 is 1.75 bits per heavy atom. The number of nitrogens with zero attached hydrogens (tertiary/aromatic N) is 1. The van der Waals surface area contributed by atoms with E-state index in [2.05, 4.69) is 10.6 Å². The van der Waals surface area contributed by atoms with Gasteiger partial charge in [0.1, 0.15) is 0 Å². The molecule has 2 saturated heterocycles. The topological polar surface area (TPSA) is 87.7 Å². The number of carbonyl (C=O) groups is 3. The Morgan fingerprint density at radius 1 is 1.14 bits per heavy atom. The lowest BCUT2D eigenvalue weighted by Crippen LogP contribution is -2.76. The van der Waals surface area contributed by atoms with E-state index in [9.17, 15) is 23.2 Å². The summed E-state index contributed by atoms with van der Waals surface area (Å²) >= 11 is 0. The maximum Gasteiger partial charge on any atom is 0.328 e. The van der Waals surface area contributed by atoms with Gasteiger partial charge in [-0.1, -0.05) is 13.8 Å². The first-order valence-electron chi connectivity index (χ1n) is 9.22. The van der Waals surface area contributed by atoms with Gasteiger partial charge in [-0.05, 0) is 24.5 Å².